The number of carbonyl (C=O) groups excluding carboxylic acids is 2. The monoisotopic (exact) mass is 662 g/mol. The Morgan fingerprint density at radius 3 is 1.75 bits per heavy atom. The number of hydrogen-bond acceptors (Lipinski definition) is 8. The first-order valence-electron chi connectivity index (χ1n) is 16.0. The van der Waals surface area contributed by atoms with Crippen LogP contribution in [0.3, 0.4) is 0 Å². The third-order valence-corrected chi connectivity index (χ3v) is 9.97. The van der Waals surface area contributed by atoms with Crippen LogP contribution in [0.2, 0.25) is 0 Å². The van der Waals surface area contributed by atoms with E-state index in [0.717, 1.165) is 5.56 Å². The number of hydrogen-bond donors (Lipinski definition) is 3. The fourth-order valence-corrected chi connectivity index (χ4v) is 7.53. The number of rotatable bonds is 12. The highest BCUT2D eigenvalue weighted by Gasteiger charge is 2.72. The maximum atomic E-state index is 14.1. The van der Waals surface area contributed by atoms with Crippen LogP contribution in [0.5, 0.6) is 0 Å². The summed E-state index contributed by atoms with van der Waals surface area (Å²) in [6.45, 7) is 1.63. The average molecular weight is 663 g/mol. The number of imide groups is 1. The molecule has 0 aromatic heterocycles. The van der Waals surface area contributed by atoms with Gasteiger partial charge in [-0.25, -0.2) is 9.69 Å². The van der Waals surface area contributed by atoms with Crippen LogP contribution in [-0.2, 0) is 23.7 Å². The molecule has 0 aliphatic carbocycles. The van der Waals surface area contributed by atoms with Gasteiger partial charge in [0.15, 0.2) is 0 Å². The van der Waals surface area contributed by atoms with Gasteiger partial charge in [0.05, 0.1) is 39.1 Å². The van der Waals surface area contributed by atoms with Crippen molar-refractivity contribution in [1.29, 1.82) is 0 Å². The van der Waals surface area contributed by atoms with Crippen molar-refractivity contribution < 1.29 is 43.2 Å². The molecule has 2 aliphatic rings. The molecule has 5 unspecified atom stereocenters. The average Bonchev–Trinajstić information content (AvgIpc) is 3.40. The molecule has 3 aromatic rings. The number of quaternary nitrogens is 1. The molecular formula is C37H48N3O8+. The number of aliphatic hydroxyl groups is 2. The Labute approximate surface area is 282 Å². The van der Waals surface area contributed by atoms with Crippen molar-refractivity contribution in [3.63, 3.8) is 0 Å². The summed E-state index contributed by atoms with van der Waals surface area (Å²) >= 11 is 0. The molecule has 3 aromatic carbocycles. The number of urea groups is 1. The van der Waals surface area contributed by atoms with Crippen LogP contribution in [0.1, 0.15) is 48.3 Å². The van der Waals surface area contributed by atoms with Crippen molar-refractivity contribution in [2.45, 2.75) is 55.3 Å². The summed E-state index contributed by atoms with van der Waals surface area (Å²) < 4.78 is 24.8. The largest absolute Gasteiger partial charge is 0.387 e. The topological polar surface area (TPSA) is 127 Å². The zero-order valence-electron chi connectivity index (χ0n) is 28.7. The van der Waals surface area contributed by atoms with Crippen molar-refractivity contribution in [1.82, 2.24) is 10.2 Å². The lowest BCUT2D eigenvalue weighted by atomic mass is 9.76. The van der Waals surface area contributed by atoms with Gasteiger partial charge < -0.3 is 24.4 Å². The Hall–Kier alpha value is -3.68. The van der Waals surface area contributed by atoms with Gasteiger partial charge >= 0.3 is 6.03 Å². The van der Waals surface area contributed by atoms with Crippen LogP contribution < -0.4 is 5.32 Å². The normalized spacial score (nSPS) is 28.9. The number of benzene rings is 3. The van der Waals surface area contributed by atoms with Gasteiger partial charge in [0, 0.05) is 27.9 Å². The minimum Gasteiger partial charge on any atom is -0.387 e. The summed E-state index contributed by atoms with van der Waals surface area (Å²) in [5.74, 6) is -2.12. The minimum absolute atomic E-state index is 0.0204. The lowest BCUT2D eigenvalue weighted by Crippen LogP contribution is -2.75. The van der Waals surface area contributed by atoms with Gasteiger partial charge in [0.2, 0.25) is 5.91 Å². The molecule has 2 heterocycles. The molecular weight excluding hydrogens is 614 g/mol. The second-order valence-corrected chi connectivity index (χ2v) is 13.8. The summed E-state index contributed by atoms with van der Waals surface area (Å²) in [5, 5.41) is 27.8. The summed E-state index contributed by atoms with van der Waals surface area (Å²) in [7, 11) is 10.0. The highest BCUT2D eigenvalue weighted by atomic mass is 16.6. The Balaban J connectivity index is 1.67. The van der Waals surface area contributed by atoms with Gasteiger partial charge in [0.25, 0.3) is 5.85 Å². The fourth-order valence-electron chi connectivity index (χ4n) is 7.53. The minimum atomic E-state index is -1.91. The van der Waals surface area contributed by atoms with Gasteiger partial charge in [-0.2, -0.15) is 0 Å². The van der Waals surface area contributed by atoms with Crippen molar-refractivity contribution in [3.05, 3.63) is 108 Å². The Morgan fingerprint density at radius 1 is 0.812 bits per heavy atom. The number of nitrogens with one attached hydrogen (secondary N) is 1. The molecule has 258 valence electrons. The molecule has 3 amide bonds. The molecule has 2 aliphatic heterocycles. The molecule has 8 atom stereocenters. The van der Waals surface area contributed by atoms with E-state index >= 15 is 0 Å². The van der Waals surface area contributed by atoms with Gasteiger partial charge in [-0.1, -0.05) is 91.0 Å². The third-order valence-electron chi connectivity index (χ3n) is 9.97. The van der Waals surface area contributed by atoms with E-state index < -0.39 is 59.3 Å². The van der Waals surface area contributed by atoms with E-state index in [-0.39, 0.29) is 17.4 Å². The van der Waals surface area contributed by atoms with E-state index in [2.05, 4.69) is 5.32 Å². The Kier molecular flexibility index (Phi) is 10.1. The predicted molar refractivity (Wildman–Crippen MR) is 178 cm³/mol. The number of aliphatic hydroxyl groups excluding tert-OH is 1. The summed E-state index contributed by atoms with van der Waals surface area (Å²) in [6.07, 6.45) is -5.57. The van der Waals surface area contributed by atoms with Crippen LogP contribution in [0.15, 0.2) is 91.0 Å². The third kappa shape index (κ3) is 6.05. The van der Waals surface area contributed by atoms with E-state index in [1.807, 2.05) is 112 Å². The first kappa shape index (κ1) is 35.6. The predicted octanol–water partition coefficient (Wildman–Crippen LogP) is 3.95. The molecule has 0 spiro atoms. The van der Waals surface area contributed by atoms with E-state index in [4.69, 9.17) is 18.9 Å². The lowest BCUT2D eigenvalue weighted by molar-refractivity contribution is -0.963. The maximum absolute atomic E-state index is 14.1. The highest BCUT2D eigenvalue weighted by Crippen LogP contribution is 2.54. The van der Waals surface area contributed by atoms with Crippen molar-refractivity contribution >= 4 is 11.9 Å². The molecule has 0 radical (unpaired) electrons. The van der Waals surface area contributed by atoms with Crippen LogP contribution in [-0.4, -0.2) is 104 Å². The van der Waals surface area contributed by atoms with Crippen LogP contribution in [0.25, 0.3) is 0 Å². The van der Waals surface area contributed by atoms with Gasteiger partial charge in [-0.15, -0.1) is 0 Å². The highest BCUT2D eigenvalue weighted by molar-refractivity contribution is 6.00. The molecule has 5 rings (SSSR count). The smallest absolute Gasteiger partial charge is 0.330 e. The SMILES string of the molecule is COC(c1ccccc1)C(O)[C@H]1O[C@](N2CC(C)(C(OC)c3ccccc3)C(=O)NC2=O)([N+](C)(C)C)C[C@@]1(O)C(OC)c1ccccc1. The van der Waals surface area contributed by atoms with E-state index in [1.165, 1.54) is 26.2 Å². The molecule has 3 N–H and O–H groups in total. The zero-order chi connectivity index (χ0) is 34.9. The number of carbonyl (C=O) groups is 2. The Bertz CT molecular complexity index is 1560. The van der Waals surface area contributed by atoms with Gasteiger partial charge in [0.1, 0.15) is 30.0 Å². The van der Waals surface area contributed by atoms with Crippen LogP contribution in [0.4, 0.5) is 4.79 Å². The number of methoxy groups -OCH3 is 3. The number of amides is 3. The van der Waals surface area contributed by atoms with Gasteiger partial charge in [-0.05, 0) is 23.6 Å². The fraction of sp³-hybridized carbons (Fsp3) is 0.459. The van der Waals surface area contributed by atoms with Crippen molar-refractivity contribution in [2.75, 3.05) is 49.0 Å². The van der Waals surface area contributed by atoms with E-state index in [1.54, 1.807) is 6.92 Å². The second kappa shape index (κ2) is 13.7. The van der Waals surface area contributed by atoms with E-state index in [0.29, 0.717) is 11.1 Å². The van der Waals surface area contributed by atoms with Crippen molar-refractivity contribution in [3.8, 4) is 0 Å². The lowest BCUT2D eigenvalue weighted by Gasteiger charge is -2.53. The quantitative estimate of drug-likeness (QED) is 0.249. The molecule has 0 saturated carbocycles. The Morgan fingerprint density at radius 2 is 1.29 bits per heavy atom. The van der Waals surface area contributed by atoms with Crippen LogP contribution >= 0.6 is 0 Å². The standard InChI is InChI=1S/C37H47N3O8/c1-35(30(46-6)26-19-13-9-14-20-26)24-39(34(43)38-33(35)42)37(40(2,3)4)23-36(44,31(47-7)27-21-15-10-16-22-27)32(48-37)28(41)29(45-5)25-17-11-8-12-18-25/h8-22,28-32,41,44H,23-24H2,1-7H3/p+1/t28?,29?,30?,31?,32-,35?,36-,37-/m1/s1. The molecule has 48 heavy (non-hydrogen) atoms. The van der Waals surface area contributed by atoms with Crippen molar-refractivity contribution in [2.24, 2.45) is 5.41 Å². The number of nitrogens with zero attached hydrogens (tertiary/aromatic N) is 2. The molecule has 2 saturated heterocycles. The summed E-state index contributed by atoms with van der Waals surface area (Å²) in [5.41, 5.74) is -1.10. The molecule has 11 heteroatoms. The first-order valence-corrected chi connectivity index (χ1v) is 16.0. The molecule has 0 bridgehead atoms. The molecule has 2 fully saturated rings. The number of ether oxygens (including phenoxy) is 4. The summed E-state index contributed by atoms with van der Waals surface area (Å²) in [6, 6.07) is 27.0. The second-order valence-electron chi connectivity index (χ2n) is 13.8. The van der Waals surface area contributed by atoms with E-state index in [9.17, 15) is 19.8 Å². The first-order chi connectivity index (χ1) is 22.8. The summed E-state index contributed by atoms with van der Waals surface area (Å²) in [4.78, 5) is 29.2. The maximum Gasteiger partial charge on any atom is 0.330 e. The van der Waals surface area contributed by atoms with Gasteiger partial charge in [-0.3, -0.25) is 19.3 Å². The van der Waals surface area contributed by atoms with Crippen LogP contribution in [0, 0.1) is 5.41 Å². The molecule has 11 nitrogen and oxygen atoms in total. The zero-order valence-corrected chi connectivity index (χ0v) is 28.7.